The number of rotatable bonds is 13. The maximum Gasteiger partial charge on any atom is 0.293 e. The summed E-state index contributed by atoms with van der Waals surface area (Å²) in [6, 6.07) is 20.0. The number of amides is 1. The third kappa shape index (κ3) is 8.44. The minimum atomic E-state index is -4.35. The van der Waals surface area contributed by atoms with E-state index < -0.39 is 26.5 Å². The Morgan fingerprint density at radius 3 is 2.41 bits per heavy atom. The Morgan fingerprint density at radius 2 is 1.76 bits per heavy atom. The molecule has 4 rings (SSSR count). The van der Waals surface area contributed by atoms with Gasteiger partial charge in [-0.1, -0.05) is 18.2 Å². The van der Waals surface area contributed by atoms with Crippen molar-refractivity contribution in [3.8, 4) is 0 Å². The first-order chi connectivity index (χ1) is 19.8. The van der Waals surface area contributed by atoms with Crippen molar-refractivity contribution in [2.24, 2.45) is 5.92 Å². The van der Waals surface area contributed by atoms with E-state index in [2.05, 4.69) is 10.2 Å². The van der Waals surface area contributed by atoms with Crippen LogP contribution in [0.15, 0.2) is 82.6 Å². The van der Waals surface area contributed by atoms with Gasteiger partial charge < -0.3 is 15.3 Å². The van der Waals surface area contributed by atoms with Gasteiger partial charge in [-0.15, -0.1) is 11.8 Å². The van der Waals surface area contributed by atoms with Crippen molar-refractivity contribution in [3.05, 3.63) is 88.5 Å². The van der Waals surface area contributed by atoms with Gasteiger partial charge in [0, 0.05) is 54.2 Å². The monoisotopic (exact) mass is 598 g/mol. The van der Waals surface area contributed by atoms with Crippen molar-refractivity contribution in [1.29, 1.82) is 0 Å². The van der Waals surface area contributed by atoms with Crippen LogP contribution in [0.5, 0.6) is 0 Å². The van der Waals surface area contributed by atoms with Gasteiger partial charge in [-0.3, -0.25) is 14.9 Å². The van der Waals surface area contributed by atoms with Gasteiger partial charge >= 0.3 is 0 Å². The third-order valence-electron chi connectivity index (χ3n) is 7.01. The van der Waals surface area contributed by atoms with E-state index in [1.165, 1.54) is 12.1 Å². The van der Waals surface area contributed by atoms with Gasteiger partial charge in [0.2, 0.25) is 0 Å². The first-order valence-electron chi connectivity index (χ1n) is 13.5. The van der Waals surface area contributed by atoms with Gasteiger partial charge in [-0.05, 0) is 80.1 Å². The quantitative estimate of drug-likeness (QED) is 0.108. The molecule has 3 aromatic carbocycles. The van der Waals surface area contributed by atoms with Crippen molar-refractivity contribution < 1.29 is 23.2 Å². The van der Waals surface area contributed by atoms with Crippen LogP contribution in [0.25, 0.3) is 0 Å². The SMILES string of the molecule is O=C(NS(=O)(=O)c1ccc(NCCSc2ccccc2)c([N+](=O)[O-])c1)c1ccc(N2CCC(CCCO)CC2)cc1. The van der Waals surface area contributed by atoms with Gasteiger partial charge in [-0.25, -0.2) is 13.1 Å². The lowest BCUT2D eigenvalue weighted by atomic mass is 9.92. The third-order valence-corrected chi connectivity index (χ3v) is 9.35. The molecular formula is C29H34N4O6S2. The summed E-state index contributed by atoms with van der Waals surface area (Å²) in [6.07, 6.45) is 3.91. The van der Waals surface area contributed by atoms with Crippen LogP contribution < -0.4 is 14.9 Å². The summed E-state index contributed by atoms with van der Waals surface area (Å²) in [6.45, 7) is 2.41. The molecule has 0 bridgehead atoms. The molecule has 1 aliphatic heterocycles. The molecular weight excluding hydrogens is 564 g/mol. The molecule has 218 valence electrons. The minimum Gasteiger partial charge on any atom is -0.396 e. The Balaban J connectivity index is 1.35. The number of carbonyl (C=O) groups is 1. The molecule has 1 saturated heterocycles. The fraction of sp³-hybridized carbons (Fsp3) is 0.345. The zero-order valence-electron chi connectivity index (χ0n) is 22.6. The summed E-state index contributed by atoms with van der Waals surface area (Å²) in [7, 11) is -4.35. The van der Waals surface area contributed by atoms with Crippen molar-refractivity contribution in [3.63, 3.8) is 0 Å². The lowest BCUT2D eigenvalue weighted by molar-refractivity contribution is -0.384. The predicted octanol–water partition coefficient (Wildman–Crippen LogP) is 4.91. The number of nitro benzene ring substituents is 1. The number of nitrogens with one attached hydrogen (secondary N) is 2. The minimum absolute atomic E-state index is 0.166. The Hall–Kier alpha value is -3.61. The second-order valence-corrected chi connectivity index (χ2v) is 12.7. The zero-order valence-corrected chi connectivity index (χ0v) is 24.2. The summed E-state index contributed by atoms with van der Waals surface area (Å²) < 4.78 is 27.9. The highest BCUT2D eigenvalue weighted by Crippen LogP contribution is 2.29. The lowest BCUT2D eigenvalue weighted by Gasteiger charge is -2.33. The van der Waals surface area contributed by atoms with Crippen molar-refractivity contribution in [2.45, 2.75) is 35.5 Å². The lowest BCUT2D eigenvalue weighted by Crippen LogP contribution is -2.34. The van der Waals surface area contributed by atoms with Crippen LogP contribution in [0.1, 0.15) is 36.0 Å². The number of thioether (sulfide) groups is 1. The molecule has 12 heteroatoms. The summed E-state index contributed by atoms with van der Waals surface area (Å²) >= 11 is 1.59. The molecule has 3 aromatic rings. The molecule has 0 saturated carbocycles. The standard InChI is InChI=1S/C29H34N4O6S2/c34-19-4-5-22-14-17-32(18-15-22)24-10-8-23(9-11-24)29(35)31-41(38,39)26-12-13-27(28(21-26)33(36)37)30-16-20-40-25-6-2-1-3-7-25/h1-3,6-13,21-22,30,34H,4-5,14-20H2,(H,31,35). The van der Waals surface area contributed by atoms with Gasteiger partial charge in [0.25, 0.3) is 21.6 Å². The van der Waals surface area contributed by atoms with Crippen molar-refractivity contribution in [1.82, 2.24) is 4.72 Å². The number of carbonyl (C=O) groups excluding carboxylic acids is 1. The zero-order chi connectivity index (χ0) is 29.2. The molecule has 0 atom stereocenters. The molecule has 0 aromatic heterocycles. The molecule has 1 heterocycles. The van der Waals surface area contributed by atoms with Crippen LogP contribution in [-0.2, 0) is 10.0 Å². The second kappa shape index (κ2) is 14.3. The molecule has 41 heavy (non-hydrogen) atoms. The summed E-state index contributed by atoms with van der Waals surface area (Å²) in [4.78, 5) is 26.7. The number of anilines is 2. The number of hydrogen-bond donors (Lipinski definition) is 3. The highest BCUT2D eigenvalue weighted by atomic mass is 32.2. The number of aliphatic hydroxyl groups excluding tert-OH is 1. The number of piperidine rings is 1. The number of sulfonamides is 1. The second-order valence-electron chi connectivity index (χ2n) is 9.80. The number of aliphatic hydroxyl groups is 1. The molecule has 0 radical (unpaired) electrons. The van der Waals surface area contributed by atoms with Gasteiger partial charge in [0.05, 0.1) is 9.82 Å². The van der Waals surface area contributed by atoms with E-state index in [-0.39, 0.29) is 22.8 Å². The molecule has 1 amide bonds. The molecule has 1 fully saturated rings. The number of nitro groups is 1. The van der Waals surface area contributed by atoms with E-state index in [0.29, 0.717) is 18.2 Å². The molecule has 0 unspecified atom stereocenters. The molecule has 0 aliphatic carbocycles. The predicted molar refractivity (Wildman–Crippen MR) is 161 cm³/mol. The smallest absolute Gasteiger partial charge is 0.293 e. The summed E-state index contributed by atoms with van der Waals surface area (Å²) in [5.41, 5.74) is 0.918. The van der Waals surface area contributed by atoms with Gasteiger partial charge in [0.15, 0.2) is 0 Å². The maximum atomic E-state index is 12.9. The van der Waals surface area contributed by atoms with E-state index in [1.807, 2.05) is 35.1 Å². The van der Waals surface area contributed by atoms with Crippen LogP contribution in [0.4, 0.5) is 17.1 Å². The van der Waals surface area contributed by atoms with Crippen LogP contribution >= 0.6 is 11.8 Å². The molecule has 1 aliphatic rings. The van der Waals surface area contributed by atoms with Crippen molar-refractivity contribution in [2.75, 3.05) is 42.2 Å². The Kier molecular flexibility index (Phi) is 10.6. The van der Waals surface area contributed by atoms with Crippen LogP contribution in [0, 0.1) is 16.0 Å². The maximum absolute atomic E-state index is 12.9. The highest BCUT2D eigenvalue weighted by Gasteiger charge is 2.24. The first kappa shape index (κ1) is 30.4. The average Bonchev–Trinajstić information content (AvgIpc) is 2.99. The number of nitrogens with zero attached hydrogens (tertiary/aromatic N) is 2. The van der Waals surface area contributed by atoms with Gasteiger partial charge in [0.1, 0.15) is 5.69 Å². The van der Waals surface area contributed by atoms with E-state index in [9.17, 15) is 23.3 Å². The Labute approximate surface area is 244 Å². The Bertz CT molecular complexity index is 1430. The summed E-state index contributed by atoms with van der Waals surface area (Å²) in [5.74, 6) is 0.439. The molecule has 10 nitrogen and oxygen atoms in total. The van der Waals surface area contributed by atoms with E-state index in [4.69, 9.17) is 5.11 Å². The topological polar surface area (TPSA) is 142 Å². The van der Waals surface area contributed by atoms with Crippen LogP contribution in [0.2, 0.25) is 0 Å². The highest BCUT2D eigenvalue weighted by molar-refractivity contribution is 7.99. The first-order valence-corrected chi connectivity index (χ1v) is 16.0. The normalized spacial score (nSPS) is 14.0. The fourth-order valence-corrected chi connectivity index (χ4v) is 6.56. The molecule has 0 spiro atoms. The number of hydrogen-bond acceptors (Lipinski definition) is 9. The van der Waals surface area contributed by atoms with Crippen LogP contribution in [-0.4, -0.2) is 56.3 Å². The van der Waals surface area contributed by atoms with Gasteiger partial charge in [-0.2, -0.15) is 0 Å². The fourth-order valence-electron chi connectivity index (χ4n) is 4.77. The number of benzene rings is 3. The average molecular weight is 599 g/mol. The van der Waals surface area contributed by atoms with E-state index in [1.54, 1.807) is 36.0 Å². The summed E-state index contributed by atoms with van der Waals surface area (Å²) in [5, 5.41) is 23.7. The van der Waals surface area contributed by atoms with Crippen LogP contribution in [0.3, 0.4) is 0 Å². The molecule has 3 N–H and O–H groups in total. The Morgan fingerprint density at radius 1 is 1.05 bits per heavy atom. The van der Waals surface area contributed by atoms with E-state index >= 15 is 0 Å². The van der Waals surface area contributed by atoms with E-state index in [0.717, 1.165) is 55.4 Å². The van der Waals surface area contributed by atoms with Crippen molar-refractivity contribution >= 4 is 44.8 Å². The largest absolute Gasteiger partial charge is 0.396 e.